The van der Waals surface area contributed by atoms with Crippen LogP contribution >= 0.6 is 0 Å². The third-order valence-electron chi connectivity index (χ3n) is 5.90. The Morgan fingerprint density at radius 2 is 1.81 bits per heavy atom. The van der Waals surface area contributed by atoms with Gasteiger partial charge in [-0.05, 0) is 44.0 Å². The van der Waals surface area contributed by atoms with Crippen molar-refractivity contribution in [3.63, 3.8) is 0 Å². The van der Waals surface area contributed by atoms with Crippen LogP contribution in [-0.2, 0) is 14.8 Å². The Morgan fingerprint density at radius 3 is 2.41 bits per heavy atom. The molecule has 0 amide bonds. The number of alkyl halides is 3. The lowest BCUT2D eigenvalue weighted by Gasteiger charge is -2.54. The van der Waals surface area contributed by atoms with Crippen LogP contribution in [0, 0.1) is 5.41 Å². The molecule has 3 aliphatic rings. The van der Waals surface area contributed by atoms with Crippen LogP contribution < -0.4 is 4.74 Å². The van der Waals surface area contributed by atoms with E-state index in [9.17, 15) is 21.6 Å². The van der Waals surface area contributed by atoms with Crippen LogP contribution in [0.2, 0.25) is 0 Å². The fourth-order valence-electron chi connectivity index (χ4n) is 4.22. The molecular weight excluding hydrogens is 449 g/mol. The maximum absolute atomic E-state index is 13.0. The van der Waals surface area contributed by atoms with Gasteiger partial charge in [-0.25, -0.2) is 13.4 Å². The lowest BCUT2D eigenvalue weighted by atomic mass is 9.72. The number of hydrogen-bond donors (Lipinski definition) is 0. The predicted molar refractivity (Wildman–Crippen MR) is 111 cm³/mol. The summed E-state index contributed by atoms with van der Waals surface area (Å²) in [5.41, 5.74) is -0.0878. The van der Waals surface area contributed by atoms with Gasteiger partial charge in [-0.3, -0.25) is 0 Å². The molecule has 2 saturated heterocycles. The molecule has 8 nitrogen and oxygen atoms in total. The summed E-state index contributed by atoms with van der Waals surface area (Å²) in [6.07, 6.45) is -4.23. The van der Waals surface area contributed by atoms with Crippen LogP contribution in [0.3, 0.4) is 0 Å². The number of piperidine rings is 1. The van der Waals surface area contributed by atoms with Gasteiger partial charge < -0.3 is 14.4 Å². The van der Waals surface area contributed by atoms with Gasteiger partial charge >= 0.3 is 6.18 Å². The highest BCUT2D eigenvalue weighted by molar-refractivity contribution is 7.89. The Bertz CT molecular complexity index is 993. The fourth-order valence-corrected chi connectivity index (χ4v) is 5.66. The van der Waals surface area contributed by atoms with E-state index in [4.69, 9.17) is 9.47 Å². The van der Waals surface area contributed by atoms with E-state index in [1.165, 1.54) is 4.31 Å². The van der Waals surface area contributed by atoms with Gasteiger partial charge in [0.15, 0.2) is 6.73 Å². The molecule has 0 radical (unpaired) electrons. The average molecular weight is 475 g/mol. The van der Waals surface area contributed by atoms with Crippen molar-refractivity contribution in [2.24, 2.45) is 15.4 Å². The van der Waals surface area contributed by atoms with E-state index in [1.54, 1.807) is 29.2 Å². The van der Waals surface area contributed by atoms with Gasteiger partial charge in [0.1, 0.15) is 18.0 Å². The van der Waals surface area contributed by atoms with Gasteiger partial charge in [0, 0.05) is 31.6 Å². The molecule has 176 valence electrons. The first-order valence-corrected chi connectivity index (χ1v) is 11.8. The minimum absolute atomic E-state index is 0.0878. The number of sulfonamides is 1. The standard InChI is InChI=1S/C20H25F3N4O4S/c1-2-30-15-3-5-16(6-4-15)32(28,29)27-9-7-19(8-10-27)12-26(13-19)18-25-17(24-14-31-18)11-20(21,22)23/h3-6H,2,7-14H2,1H3. The minimum atomic E-state index is -4.37. The Kier molecular flexibility index (Phi) is 6.10. The number of rotatable bonds is 5. The van der Waals surface area contributed by atoms with Crippen molar-refractivity contribution in [1.29, 1.82) is 0 Å². The molecule has 3 heterocycles. The van der Waals surface area contributed by atoms with Crippen molar-refractivity contribution >= 4 is 21.9 Å². The number of halogens is 3. The molecule has 1 spiro atoms. The summed E-state index contributed by atoms with van der Waals surface area (Å²) in [5, 5.41) is 0. The quantitative estimate of drug-likeness (QED) is 0.655. The van der Waals surface area contributed by atoms with Crippen molar-refractivity contribution in [2.45, 2.75) is 37.3 Å². The average Bonchev–Trinajstić information content (AvgIpc) is 2.72. The van der Waals surface area contributed by atoms with Gasteiger partial charge in [0.25, 0.3) is 6.02 Å². The van der Waals surface area contributed by atoms with Crippen LogP contribution in [0.25, 0.3) is 0 Å². The van der Waals surface area contributed by atoms with E-state index in [2.05, 4.69) is 9.98 Å². The summed E-state index contributed by atoms with van der Waals surface area (Å²) >= 11 is 0. The minimum Gasteiger partial charge on any atom is -0.494 e. The third-order valence-corrected chi connectivity index (χ3v) is 7.82. The summed E-state index contributed by atoms with van der Waals surface area (Å²) in [6.45, 7) is 4.10. The molecule has 12 heteroatoms. The monoisotopic (exact) mass is 474 g/mol. The van der Waals surface area contributed by atoms with Gasteiger partial charge in [0.05, 0.1) is 11.5 Å². The number of hydrogen-bond acceptors (Lipinski definition) is 7. The number of likely N-dealkylation sites (tertiary alicyclic amines) is 1. The van der Waals surface area contributed by atoms with Gasteiger partial charge in [-0.1, -0.05) is 0 Å². The van der Waals surface area contributed by atoms with E-state index in [0.717, 1.165) is 0 Å². The first-order chi connectivity index (χ1) is 15.1. The van der Waals surface area contributed by atoms with E-state index in [1.807, 2.05) is 6.92 Å². The van der Waals surface area contributed by atoms with Crippen LogP contribution in [0.4, 0.5) is 13.2 Å². The van der Waals surface area contributed by atoms with Crippen LogP contribution in [0.15, 0.2) is 39.1 Å². The molecule has 0 aliphatic carbocycles. The summed E-state index contributed by atoms with van der Waals surface area (Å²) < 4.78 is 75.9. The lowest BCUT2D eigenvalue weighted by Crippen LogP contribution is -2.62. The molecule has 4 rings (SSSR count). The van der Waals surface area contributed by atoms with Crippen LogP contribution in [0.1, 0.15) is 26.2 Å². The second-order valence-corrected chi connectivity index (χ2v) is 10.1. The van der Waals surface area contributed by atoms with Crippen LogP contribution in [-0.4, -0.2) is 75.2 Å². The highest BCUT2D eigenvalue weighted by atomic mass is 32.2. The van der Waals surface area contributed by atoms with Gasteiger partial charge in [-0.15, -0.1) is 0 Å². The fraction of sp³-hybridized carbons (Fsp3) is 0.600. The van der Waals surface area contributed by atoms with Gasteiger partial charge in [0.2, 0.25) is 10.0 Å². The molecule has 0 N–H and O–H groups in total. The summed E-state index contributed by atoms with van der Waals surface area (Å²) in [5.74, 6) is 0.339. The highest BCUT2D eigenvalue weighted by Crippen LogP contribution is 2.42. The van der Waals surface area contributed by atoms with E-state index < -0.39 is 22.6 Å². The first-order valence-electron chi connectivity index (χ1n) is 10.4. The highest BCUT2D eigenvalue weighted by Gasteiger charge is 2.48. The number of benzene rings is 1. The van der Waals surface area contributed by atoms with E-state index in [0.29, 0.717) is 51.4 Å². The first kappa shape index (κ1) is 22.8. The van der Waals surface area contributed by atoms with E-state index in [-0.39, 0.29) is 28.9 Å². The summed E-state index contributed by atoms with van der Waals surface area (Å²) in [6, 6.07) is 6.55. The largest absolute Gasteiger partial charge is 0.494 e. The number of ether oxygens (including phenoxy) is 2. The van der Waals surface area contributed by atoms with Crippen molar-refractivity contribution in [2.75, 3.05) is 39.5 Å². The molecule has 0 atom stereocenters. The number of nitrogens with zero attached hydrogens (tertiary/aromatic N) is 4. The number of aliphatic imine (C=N–C) groups is 2. The predicted octanol–water partition coefficient (Wildman–Crippen LogP) is 2.87. The zero-order chi connectivity index (χ0) is 23.0. The molecule has 1 aromatic carbocycles. The van der Waals surface area contributed by atoms with Crippen molar-refractivity contribution in [3.05, 3.63) is 24.3 Å². The Morgan fingerprint density at radius 1 is 1.16 bits per heavy atom. The smallest absolute Gasteiger partial charge is 0.396 e. The Hall–Kier alpha value is -2.34. The van der Waals surface area contributed by atoms with Gasteiger partial charge in [-0.2, -0.15) is 22.5 Å². The second-order valence-electron chi connectivity index (χ2n) is 8.20. The molecule has 0 bridgehead atoms. The Labute approximate surface area is 184 Å². The zero-order valence-electron chi connectivity index (χ0n) is 17.6. The zero-order valence-corrected chi connectivity index (χ0v) is 18.5. The lowest BCUT2D eigenvalue weighted by molar-refractivity contribution is -0.121. The van der Waals surface area contributed by atoms with Crippen molar-refractivity contribution in [1.82, 2.24) is 9.21 Å². The molecular formula is C20H25F3N4O4S. The SMILES string of the molecule is CCOc1ccc(S(=O)(=O)N2CCC3(CC2)CN(C2=NC(CC(F)(F)F)=NCO2)C3)cc1. The Balaban J connectivity index is 1.33. The maximum atomic E-state index is 13.0. The maximum Gasteiger partial charge on any atom is 0.396 e. The van der Waals surface area contributed by atoms with Crippen molar-refractivity contribution in [3.8, 4) is 5.75 Å². The molecule has 0 saturated carbocycles. The van der Waals surface area contributed by atoms with E-state index >= 15 is 0 Å². The molecule has 2 fully saturated rings. The second kappa shape index (κ2) is 8.54. The molecule has 3 aliphatic heterocycles. The topological polar surface area (TPSA) is 83.8 Å². The summed E-state index contributed by atoms with van der Waals surface area (Å²) in [7, 11) is -3.59. The molecule has 1 aromatic rings. The normalized spacial score (nSPS) is 21.4. The number of amidine groups is 2. The van der Waals surface area contributed by atoms with Crippen molar-refractivity contribution < 1.29 is 31.1 Å². The summed E-state index contributed by atoms with van der Waals surface area (Å²) in [4.78, 5) is 9.61. The third kappa shape index (κ3) is 4.85. The molecule has 32 heavy (non-hydrogen) atoms. The molecule has 0 aromatic heterocycles. The van der Waals surface area contributed by atoms with Crippen LogP contribution in [0.5, 0.6) is 5.75 Å². The molecule has 0 unspecified atom stereocenters.